The zero-order valence-electron chi connectivity index (χ0n) is 13.3. The summed E-state index contributed by atoms with van der Waals surface area (Å²) in [4.78, 5) is 11.9. The van der Waals surface area contributed by atoms with Gasteiger partial charge in [-0.25, -0.2) is 0 Å². The van der Waals surface area contributed by atoms with Crippen LogP contribution in [0.4, 0.5) is 0 Å². The Kier molecular flexibility index (Phi) is 2.93. The molecule has 19 heavy (non-hydrogen) atoms. The van der Waals surface area contributed by atoms with E-state index in [2.05, 4.69) is 34.6 Å². The van der Waals surface area contributed by atoms with Crippen molar-refractivity contribution in [3.63, 3.8) is 0 Å². The average Bonchev–Trinajstić information content (AvgIpc) is 2.34. The van der Waals surface area contributed by atoms with Gasteiger partial charge in [-0.3, -0.25) is 4.79 Å². The van der Waals surface area contributed by atoms with Crippen LogP contribution in [0.5, 0.6) is 0 Å². The highest BCUT2D eigenvalue weighted by Crippen LogP contribution is 2.71. The highest BCUT2D eigenvalue weighted by molar-refractivity contribution is 5.79. The van der Waals surface area contributed by atoms with Crippen LogP contribution in [0, 0.1) is 40.4 Å². The van der Waals surface area contributed by atoms with E-state index >= 15 is 0 Å². The van der Waals surface area contributed by atoms with E-state index in [9.17, 15) is 4.79 Å². The van der Waals surface area contributed by atoms with Crippen molar-refractivity contribution in [3.05, 3.63) is 0 Å². The lowest BCUT2D eigenvalue weighted by Crippen LogP contribution is -2.62. The third kappa shape index (κ3) is 1.69. The van der Waals surface area contributed by atoms with Gasteiger partial charge in [0.2, 0.25) is 0 Å². The summed E-state index contributed by atoms with van der Waals surface area (Å²) in [5.74, 6) is 4.46. The van der Waals surface area contributed by atoms with E-state index < -0.39 is 0 Å². The van der Waals surface area contributed by atoms with Crippen LogP contribution in [0.3, 0.4) is 0 Å². The average molecular weight is 262 g/mol. The van der Waals surface area contributed by atoms with E-state index in [1.165, 1.54) is 19.3 Å². The normalized spacial score (nSPS) is 48.4. The first-order valence-electron chi connectivity index (χ1n) is 8.30. The van der Waals surface area contributed by atoms with Gasteiger partial charge in [0.15, 0.2) is 0 Å². The molecule has 4 rings (SSSR count). The summed E-state index contributed by atoms with van der Waals surface area (Å²) in [5, 5.41) is 0. The minimum absolute atomic E-state index is 0.491. The van der Waals surface area contributed by atoms with Crippen molar-refractivity contribution in [1.29, 1.82) is 0 Å². The van der Waals surface area contributed by atoms with Gasteiger partial charge in [-0.15, -0.1) is 0 Å². The molecule has 1 spiro atoms. The molecule has 0 saturated heterocycles. The molecule has 0 amide bonds. The quantitative estimate of drug-likeness (QED) is 0.669. The van der Waals surface area contributed by atoms with Crippen LogP contribution in [-0.4, -0.2) is 5.78 Å². The highest BCUT2D eigenvalue weighted by Gasteiger charge is 2.64. The van der Waals surface area contributed by atoms with Gasteiger partial charge in [-0.2, -0.15) is 0 Å². The zero-order chi connectivity index (χ0) is 14.0. The number of hydrogen-bond donors (Lipinski definition) is 0. The van der Waals surface area contributed by atoms with Crippen molar-refractivity contribution in [2.75, 3.05) is 0 Å². The summed E-state index contributed by atoms with van der Waals surface area (Å²) in [5.41, 5.74) is 1.05. The summed E-state index contributed by atoms with van der Waals surface area (Å²) < 4.78 is 0. The second kappa shape index (κ2) is 4.09. The zero-order valence-corrected chi connectivity index (χ0v) is 13.3. The molecule has 0 heterocycles. The second-order valence-electron chi connectivity index (χ2n) is 8.68. The fourth-order valence-electron chi connectivity index (χ4n) is 6.12. The van der Waals surface area contributed by atoms with Crippen LogP contribution in [-0.2, 0) is 4.79 Å². The highest BCUT2D eigenvalue weighted by atomic mass is 16.1. The SMILES string of the molecule is CC(C)C1CC(=O)CCC12CC1CC(C2C)C1(C)C. The molecule has 5 atom stereocenters. The predicted molar refractivity (Wildman–Crippen MR) is 78.8 cm³/mol. The van der Waals surface area contributed by atoms with E-state index in [4.69, 9.17) is 0 Å². The number of Topliss-reactive ketones (excluding diaryl/α,β-unsaturated/α-hetero) is 1. The van der Waals surface area contributed by atoms with E-state index in [1.807, 2.05) is 0 Å². The topological polar surface area (TPSA) is 17.1 Å². The van der Waals surface area contributed by atoms with Crippen LogP contribution in [0.2, 0.25) is 0 Å². The van der Waals surface area contributed by atoms with E-state index in [1.54, 1.807) is 0 Å². The van der Waals surface area contributed by atoms with Crippen LogP contribution < -0.4 is 0 Å². The number of ketones is 1. The first-order chi connectivity index (χ1) is 8.79. The van der Waals surface area contributed by atoms with Crippen molar-refractivity contribution in [1.82, 2.24) is 0 Å². The summed E-state index contributed by atoms with van der Waals surface area (Å²) in [6.45, 7) is 12.1. The monoisotopic (exact) mass is 262 g/mol. The lowest BCUT2D eigenvalue weighted by Gasteiger charge is -2.69. The van der Waals surface area contributed by atoms with Gasteiger partial charge in [0.25, 0.3) is 0 Å². The molecular formula is C18H30O. The van der Waals surface area contributed by atoms with Crippen LogP contribution in [0.25, 0.3) is 0 Å². The van der Waals surface area contributed by atoms with Gasteiger partial charge in [0.05, 0.1) is 0 Å². The van der Waals surface area contributed by atoms with Crippen molar-refractivity contribution in [2.45, 2.75) is 66.7 Å². The number of rotatable bonds is 1. The number of carbonyl (C=O) groups excluding carboxylic acids is 1. The van der Waals surface area contributed by atoms with Crippen molar-refractivity contribution in [3.8, 4) is 0 Å². The van der Waals surface area contributed by atoms with Gasteiger partial charge >= 0.3 is 0 Å². The molecule has 0 radical (unpaired) electrons. The number of carbonyl (C=O) groups is 1. The van der Waals surface area contributed by atoms with Crippen LogP contribution in [0.1, 0.15) is 66.7 Å². The molecule has 4 aliphatic rings. The largest absolute Gasteiger partial charge is 0.300 e. The van der Waals surface area contributed by atoms with E-state index in [-0.39, 0.29) is 0 Å². The maximum Gasteiger partial charge on any atom is 0.133 e. The van der Waals surface area contributed by atoms with Gasteiger partial charge in [-0.05, 0) is 59.7 Å². The van der Waals surface area contributed by atoms with Crippen molar-refractivity contribution >= 4 is 5.78 Å². The minimum Gasteiger partial charge on any atom is -0.300 e. The molecule has 1 heteroatoms. The standard InChI is InChI=1S/C18H30O/c1-11(2)15-9-14(19)6-7-18(15)10-13-8-16(12(18)3)17(13,4)5/h11-13,15-16H,6-10H2,1-5H3. The molecule has 4 fully saturated rings. The Morgan fingerprint density at radius 2 is 1.95 bits per heavy atom. The Bertz CT molecular complexity index is 394. The lowest BCUT2D eigenvalue weighted by molar-refractivity contribution is -0.202. The fraction of sp³-hybridized carbons (Fsp3) is 0.944. The Hall–Kier alpha value is -0.330. The smallest absolute Gasteiger partial charge is 0.133 e. The van der Waals surface area contributed by atoms with Crippen LogP contribution in [0.15, 0.2) is 0 Å². The van der Waals surface area contributed by atoms with Crippen LogP contribution >= 0.6 is 0 Å². The number of hydrogen-bond acceptors (Lipinski definition) is 1. The van der Waals surface area contributed by atoms with Gasteiger partial charge in [0.1, 0.15) is 5.78 Å². The molecule has 1 nitrogen and oxygen atoms in total. The summed E-state index contributed by atoms with van der Waals surface area (Å²) in [7, 11) is 0. The Morgan fingerprint density at radius 3 is 2.47 bits per heavy atom. The molecule has 0 aliphatic heterocycles. The predicted octanol–water partition coefficient (Wildman–Crippen LogP) is 4.70. The first kappa shape index (κ1) is 13.6. The minimum atomic E-state index is 0.491. The molecule has 4 aliphatic carbocycles. The van der Waals surface area contributed by atoms with Gasteiger partial charge < -0.3 is 0 Å². The van der Waals surface area contributed by atoms with Crippen molar-refractivity contribution in [2.24, 2.45) is 40.4 Å². The Balaban J connectivity index is 1.92. The molecule has 0 aromatic carbocycles. The Labute approximate surface area is 118 Å². The van der Waals surface area contributed by atoms with E-state index in [0.717, 1.165) is 30.6 Å². The molecular weight excluding hydrogens is 232 g/mol. The maximum atomic E-state index is 11.9. The lowest BCUT2D eigenvalue weighted by atomic mass is 9.36. The Morgan fingerprint density at radius 1 is 1.26 bits per heavy atom. The summed E-state index contributed by atoms with van der Waals surface area (Å²) >= 11 is 0. The fourth-order valence-corrected chi connectivity index (χ4v) is 6.12. The second-order valence-corrected chi connectivity index (χ2v) is 8.68. The van der Waals surface area contributed by atoms with Gasteiger partial charge in [-0.1, -0.05) is 34.6 Å². The third-order valence-electron chi connectivity index (χ3n) is 7.54. The first-order valence-corrected chi connectivity index (χ1v) is 8.30. The van der Waals surface area contributed by atoms with E-state index in [0.29, 0.717) is 28.4 Å². The molecule has 2 bridgehead atoms. The molecule has 5 unspecified atom stereocenters. The molecule has 108 valence electrons. The molecule has 0 aromatic heterocycles. The molecule has 0 N–H and O–H groups in total. The van der Waals surface area contributed by atoms with Gasteiger partial charge in [0, 0.05) is 12.8 Å². The summed E-state index contributed by atoms with van der Waals surface area (Å²) in [6.07, 6.45) is 5.75. The third-order valence-corrected chi connectivity index (χ3v) is 7.54. The summed E-state index contributed by atoms with van der Waals surface area (Å²) in [6, 6.07) is 0. The van der Waals surface area contributed by atoms with Crippen molar-refractivity contribution < 1.29 is 4.79 Å². The maximum absolute atomic E-state index is 11.9. The molecule has 0 aromatic rings. The molecule has 4 saturated carbocycles.